The van der Waals surface area contributed by atoms with E-state index >= 15 is 0 Å². The molecule has 3 heteroatoms. The number of benzene rings is 1. The van der Waals surface area contributed by atoms with Gasteiger partial charge in [0.1, 0.15) is 0 Å². The Morgan fingerprint density at radius 1 is 1.30 bits per heavy atom. The van der Waals surface area contributed by atoms with Gasteiger partial charge >= 0.3 is 0 Å². The molecule has 0 bridgehead atoms. The maximum Gasteiger partial charge on any atom is 0.250 e. The molecule has 0 unspecified atom stereocenters. The van der Waals surface area contributed by atoms with Gasteiger partial charge in [-0.25, -0.2) is 0 Å². The van der Waals surface area contributed by atoms with Crippen LogP contribution in [0.1, 0.15) is 10.4 Å². The molecule has 0 aliphatic heterocycles. The molecular weight excluding hydrogens is 164 g/mol. The Morgan fingerprint density at radius 2 is 1.90 bits per heavy atom. The van der Waals surface area contributed by atoms with Crippen molar-refractivity contribution in [3.63, 3.8) is 0 Å². The summed E-state index contributed by atoms with van der Waals surface area (Å²) >= 11 is 9.27. The molecule has 0 aromatic heterocycles. The van der Waals surface area contributed by atoms with Gasteiger partial charge in [-0.1, -0.05) is 24.8 Å². The van der Waals surface area contributed by atoms with E-state index in [0.717, 1.165) is 0 Å². The van der Waals surface area contributed by atoms with Crippen molar-refractivity contribution in [1.29, 1.82) is 0 Å². The summed E-state index contributed by atoms with van der Waals surface area (Å²) in [5.41, 5.74) is 0.451. The van der Waals surface area contributed by atoms with Crippen molar-refractivity contribution in [2.75, 3.05) is 0 Å². The van der Waals surface area contributed by atoms with Crippen LogP contribution in [-0.2, 0) is 0 Å². The Morgan fingerprint density at radius 3 is 2.30 bits per heavy atom. The second-order valence-electron chi connectivity index (χ2n) is 1.78. The lowest BCUT2D eigenvalue weighted by molar-refractivity contribution is 0.108. The van der Waals surface area contributed by atoms with E-state index in [1.54, 1.807) is 24.3 Å². The molecule has 0 amide bonds. The second-order valence-corrected chi connectivity index (χ2v) is 2.59. The largest absolute Gasteiger partial charge is 0.276 e. The van der Waals surface area contributed by atoms with Crippen LogP contribution in [0, 0.1) is 0 Å². The van der Waals surface area contributed by atoms with E-state index in [0.29, 0.717) is 10.5 Å². The predicted octanol–water partition coefficient (Wildman–Crippen LogP) is 2.58. The van der Waals surface area contributed by atoms with Crippen LogP contribution in [0.15, 0.2) is 29.2 Å². The lowest BCUT2D eigenvalue weighted by Crippen LogP contribution is -1.88. The normalized spacial score (nSPS) is 9.20. The molecule has 0 heterocycles. The fourth-order valence-corrected chi connectivity index (χ4v) is 1.12. The third kappa shape index (κ3) is 1.43. The van der Waals surface area contributed by atoms with Crippen molar-refractivity contribution < 1.29 is 4.79 Å². The Labute approximate surface area is 70.3 Å². The van der Waals surface area contributed by atoms with Crippen LogP contribution in [0.25, 0.3) is 0 Å². The Balaban J connectivity index is 3.15. The van der Waals surface area contributed by atoms with E-state index in [9.17, 15) is 4.79 Å². The molecule has 0 aliphatic rings. The molecule has 1 aromatic rings. The molecule has 0 aliphatic carbocycles. The fourth-order valence-electron chi connectivity index (χ4n) is 0.635. The summed E-state index contributed by atoms with van der Waals surface area (Å²) in [5.74, 6) is 0. The lowest BCUT2D eigenvalue weighted by Gasteiger charge is -1.94. The zero-order valence-corrected chi connectivity index (χ0v) is 6.67. The molecule has 0 spiro atoms. The first kappa shape index (κ1) is 7.44. The highest BCUT2D eigenvalue weighted by molar-refractivity contribution is 7.97. The monoisotopic (exact) mass is 168 g/mol. The van der Waals surface area contributed by atoms with Crippen LogP contribution < -0.4 is 0 Å². The Kier molecular flexibility index (Phi) is 2.19. The van der Waals surface area contributed by atoms with Crippen LogP contribution >= 0.6 is 25.3 Å². The maximum atomic E-state index is 10.6. The molecule has 10 heavy (non-hydrogen) atoms. The van der Waals surface area contributed by atoms with E-state index in [1.165, 1.54) is 0 Å². The summed E-state index contributed by atoms with van der Waals surface area (Å²) in [7, 11) is 0. The van der Waals surface area contributed by atoms with Crippen molar-refractivity contribution in [2.45, 2.75) is 4.90 Å². The van der Waals surface area contributed by atoms with Crippen molar-refractivity contribution in [3.8, 4) is 0 Å². The van der Waals surface area contributed by atoms with E-state index in [4.69, 9.17) is 12.6 Å². The quantitative estimate of drug-likeness (QED) is 0.630. The first-order chi connectivity index (χ1) is 4.72. The molecule has 0 saturated carbocycles. The summed E-state index contributed by atoms with van der Waals surface area (Å²) in [6.45, 7) is 0. The highest BCUT2D eigenvalue weighted by atomic mass is 32.1. The standard InChI is InChI=1S/C7H4OS2/c8-7(10)5-3-1-2-4-6(5)9/h1-4H. The summed E-state index contributed by atoms with van der Waals surface area (Å²) in [5, 5.41) is -0.384. The first-order valence-corrected chi connectivity index (χ1v) is 3.51. The molecule has 1 rings (SSSR count). The van der Waals surface area contributed by atoms with E-state index in [2.05, 4.69) is 12.6 Å². The van der Waals surface area contributed by atoms with Crippen LogP contribution in [0.5, 0.6) is 0 Å². The number of carbonyl (C=O) groups is 1. The van der Waals surface area contributed by atoms with Gasteiger partial charge in [-0.3, -0.25) is 4.79 Å². The minimum absolute atomic E-state index is 0.384. The van der Waals surface area contributed by atoms with Gasteiger partial charge < -0.3 is 0 Å². The minimum atomic E-state index is -0.384. The van der Waals surface area contributed by atoms with Crippen LogP contribution in [0.2, 0.25) is 0 Å². The third-order valence-electron chi connectivity index (χ3n) is 1.11. The smallest absolute Gasteiger partial charge is 0.250 e. The van der Waals surface area contributed by atoms with Gasteiger partial charge in [-0.15, -0.1) is 0 Å². The molecule has 0 N–H and O–H groups in total. The lowest BCUT2D eigenvalue weighted by atomic mass is 10.2. The van der Waals surface area contributed by atoms with Crippen LogP contribution in [-0.4, -0.2) is 5.12 Å². The molecule has 0 saturated heterocycles. The summed E-state index contributed by atoms with van der Waals surface area (Å²) in [6, 6.07) is 6.85. The van der Waals surface area contributed by atoms with Crippen LogP contribution in [0.4, 0.5) is 0 Å². The predicted molar refractivity (Wildman–Crippen MR) is 44.2 cm³/mol. The second kappa shape index (κ2) is 2.94. The highest BCUT2D eigenvalue weighted by Crippen LogP contribution is 2.14. The maximum absolute atomic E-state index is 10.6. The van der Waals surface area contributed by atoms with E-state index in [1.807, 2.05) is 0 Å². The van der Waals surface area contributed by atoms with Gasteiger partial charge in [0.2, 0.25) is 0 Å². The number of hydrogen-bond acceptors (Lipinski definition) is 1. The molecule has 1 aromatic carbocycles. The Hall–Kier alpha value is -0.670. The van der Waals surface area contributed by atoms with E-state index < -0.39 is 0 Å². The first-order valence-electron chi connectivity index (χ1n) is 2.69. The van der Waals surface area contributed by atoms with Crippen molar-refractivity contribution in [1.82, 2.24) is 0 Å². The van der Waals surface area contributed by atoms with Gasteiger partial charge in [0, 0.05) is 4.90 Å². The SMILES string of the molecule is O=C([S])c1ccccc1[S]. The topological polar surface area (TPSA) is 17.1 Å². The summed E-state index contributed by atoms with van der Waals surface area (Å²) in [4.78, 5) is 11.1. The zero-order chi connectivity index (χ0) is 7.56. The zero-order valence-electron chi connectivity index (χ0n) is 5.03. The number of hydrogen-bond donors (Lipinski definition) is 0. The van der Waals surface area contributed by atoms with Gasteiger partial charge in [-0.05, 0) is 24.8 Å². The van der Waals surface area contributed by atoms with Gasteiger partial charge in [0.15, 0.2) is 0 Å². The van der Waals surface area contributed by atoms with Gasteiger partial charge in [0.25, 0.3) is 5.12 Å². The highest BCUT2D eigenvalue weighted by Gasteiger charge is 2.03. The average Bonchev–Trinajstić information content (AvgIpc) is 1.88. The average molecular weight is 168 g/mol. The van der Waals surface area contributed by atoms with E-state index in [-0.39, 0.29) is 5.12 Å². The summed E-state index contributed by atoms with van der Waals surface area (Å²) in [6.07, 6.45) is 0. The molecule has 1 nitrogen and oxygen atoms in total. The molecule has 50 valence electrons. The Bertz CT molecular complexity index is 258. The minimum Gasteiger partial charge on any atom is -0.276 e. The fraction of sp³-hybridized carbons (Fsp3) is 0. The molecule has 0 atom stereocenters. The molecule has 0 fully saturated rings. The van der Waals surface area contributed by atoms with Crippen molar-refractivity contribution >= 4 is 30.4 Å². The van der Waals surface area contributed by atoms with Gasteiger partial charge in [-0.2, -0.15) is 0 Å². The third-order valence-corrected chi connectivity index (χ3v) is 1.68. The van der Waals surface area contributed by atoms with Gasteiger partial charge in [0.05, 0.1) is 5.56 Å². The van der Waals surface area contributed by atoms with Crippen LogP contribution in [0.3, 0.4) is 0 Å². The number of carbonyl (C=O) groups excluding carboxylic acids is 1. The molecule has 2 radical (unpaired) electrons. The number of rotatable bonds is 1. The van der Waals surface area contributed by atoms with Crippen molar-refractivity contribution in [3.05, 3.63) is 29.8 Å². The molecular formula is C7H4OS2. The summed E-state index contributed by atoms with van der Waals surface area (Å²) < 4.78 is 0. The van der Waals surface area contributed by atoms with Crippen molar-refractivity contribution in [2.24, 2.45) is 0 Å².